The number of methoxy groups -OCH3 is 1. The number of rotatable bonds is 4. The molecule has 128 valence electrons. The molecule has 2 N–H and O–H groups in total. The van der Waals surface area contributed by atoms with Crippen LogP contribution in [0.15, 0.2) is 54.9 Å². The minimum absolute atomic E-state index is 0.000749. The number of ether oxygens (including phenoxy) is 1. The van der Waals surface area contributed by atoms with Gasteiger partial charge >= 0.3 is 5.97 Å². The molecule has 26 heavy (non-hydrogen) atoms. The van der Waals surface area contributed by atoms with Crippen molar-refractivity contribution in [3.05, 3.63) is 60.6 Å². The van der Waals surface area contributed by atoms with E-state index in [1.54, 1.807) is 19.4 Å². The van der Waals surface area contributed by atoms with E-state index in [0.717, 1.165) is 33.5 Å². The number of aromatic amines is 1. The van der Waals surface area contributed by atoms with Crippen molar-refractivity contribution in [3.63, 3.8) is 0 Å². The third kappa shape index (κ3) is 2.65. The fourth-order valence-corrected chi connectivity index (χ4v) is 2.80. The van der Waals surface area contributed by atoms with Gasteiger partial charge < -0.3 is 9.84 Å². The van der Waals surface area contributed by atoms with Gasteiger partial charge in [0.2, 0.25) is 0 Å². The lowest BCUT2D eigenvalue weighted by atomic mass is 10.0. The molecule has 0 atom stereocenters. The molecule has 0 aliphatic heterocycles. The Morgan fingerprint density at radius 3 is 2.62 bits per heavy atom. The number of carboxylic acids is 1. The molecule has 4 aromatic rings. The van der Waals surface area contributed by atoms with Gasteiger partial charge in [0.1, 0.15) is 17.1 Å². The smallest absolute Gasteiger partial charge is 0.354 e. The Hall–Kier alpha value is -3.74. The summed E-state index contributed by atoms with van der Waals surface area (Å²) in [6, 6.07) is 12.8. The Morgan fingerprint density at radius 2 is 1.88 bits per heavy atom. The zero-order valence-corrected chi connectivity index (χ0v) is 13.8. The summed E-state index contributed by atoms with van der Waals surface area (Å²) in [7, 11) is 1.62. The number of carboxylic acid groups (broad SMARTS) is 1. The molecule has 0 saturated carbocycles. The second kappa shape index (κ2) is 6.29. The molecule has 0 amide bonds. The van der Waals surface area contributed by atoms with Crippen LogP contribution in [-0.4, -0.2) is 38.4 Å². The molecule has 0 aliphatic carbocycles. The van der Waals surface area contributed by atoms with Gasteiger partial charge in [-0.1, -0.05) is 18.2 Å². The summed E-state index contributed by atoms with van der Waals surface area (Å²) < 4.78 is 5.43. The number of H-pyrrole nitrogens is 1. The Balaban J connectivity index is 1.83. The fraction of sp³-hybridized carbons (Fsp3) is 0.0526. The molecule has 0 radical (unpaired) electrons. The molecule has 0 unspecified atom stereocenters. The highest BCUT2D eigenvalue weighted by atomic mass is 16.5. The molecule has 7 nitrogen and oxygen atoms in total. The first-order chi connectivity index (χ1) is 12.7. The molecule has 1 aromatic carbocycles. The van der Waals surface area contributed by atoms with Crippen LogP contribution in [0.3, 0.4) is 0 Å². The fourth-order valence-electron chi connectivity index (χ4n) is 2.80. The topological polar surface area (TPSA) is 101 Å². The number of fused-ring (bicyclic) bond motifs is 1. The number of para-hydroxylation sites is 1. The summed E-state index contributed by atoms with van der Waals surface area (Å²) in [6.45, 7) is 0. The third-order valence-electron chi connectivity index (χ3n) is 4.09. The maximum absolute atomic E-state index is 11.0. The minimum atomic E-state index is -1.06. The van der Waals surface area contributed by atoms with Crippen LogP contribution in [0.5, 0.6) is 5.75 Å². The Labute approximate surface area is 148 Å². The number of carbonyl (C=O) groups is 1. The molecule has 0 fully saturated rings. The lowest BCUT2D eigenvalue weighted by Gasteiger charge is -2.06. The maximum Gasteiger partial charge on any atom is 0.354 e. The van der Waals surface area contributed by atoms with Crippen LogP contribution in [-0.2, 0) is 0 Å². The maximum atomic E-state index is 11.0. The number of aromatic carboxylic acids is 1. The third-order valence-corrected chi connectivity index (χ3v) is 4.09. The first kappa shape index (κ1) is 15.8. The summed E-state index contributed by atoms with van der Waals surface area (Å²) in [5.41, 5.74) is 3.85. The van der Waals surface area contributed by atoms with E-state index < -0.39 is 5.97 Å². The molecule has 0 aliphatic rings. The van der Waals surface area contributed by atoms with Crippen LogP contribution in [0.2, 0.25) is 0 Å². The van der Waals surface area contributed by atoms with Gasteiger partial charge in [0.05, 0.1) is 7.11 Å². The molecular formula is C19H14N4O3. The summed E-state index contributed by atoms with van der Waals surface area (Å²) in [5, 5.41) is 17.1. The molecule has 3 aromatic heterocycles. The highest BCUT2D eigenvalue weighted by Gasteiger charge is 2.14. The number of hydrogen-bond donors (Lipinski definition) is 2. The van der Waals surface area contributed by atoms with Gasteiger partial charge in [-0.25, -0.2) is 14.8 Å². The highest BCUT2D eigenvalue weighted by molar-refractivity contribution is 5.94. The minimum Gasteiger partial charge on any atom is -0.496 e. The number of nitrogens with zero attached hydrogens (tertiary/aromatic N) is 3. The van der Waals surface area contributed by atoms with Crippen molar-refractivity contribution in [2.75, 3.05) is 7.11 Å². The number of nitrogens with one attached hydrogen (secondary N) is 1. The molecule has 0 bridgehead atoms. The van der Waals surface area contributed by atoms with Crippen molar-refractivity contribution in [1.82, 2.24) is 20.2 Å². The van der Waals surface area contributed by atoms with E-state index in [0.29, 0.717) is 5.65 Å². The normalized spacial score (nSPS) is 10.8. The quantitative estimate of drug-likeness (QED) is 0.587. The van der Waals surface area contributed by atoms with E-state index in [1.165, 1.54) is 12.3 Å². The molecular weight excluding hydrogens is 332 g/mol. The summed E-state index contributed by atoms with van der Waals surface area (Å²) in [4.78, 5) is 19.3. The van der Waals surface area contributed by atoms with Crippen molar-refractivity contribution >= 4 is 17.0 Å². The number of hydrogen-bond acceptors (Lipinski definition) is 5. The van der Waals surface area contributed by atoms with Gasteiger partial charge in [0, 0.05) is 34.5 Å². The molecule has 4 rings (SSSR count). The van der Waals surface area contributed by atoms with Crippen molar-refractivity contribution < 1.29 is 14.6 Å². The number of aromatic nitrogens is 4. The van der Waals surface area contributed by atoms with E-state index >= 15 is 0 Å². The summed E-state index contributed by atoms with van der Waals surface area (Å²) >= 11 is 0. The van der Waals surface area contributed by atoms with Gasteiger partial charge in [-0.05, 0) is 24.3 Å². The second-order valence-corrected chi connectivity index (χ2v) is 5.63. The molecule has 0 saturated heterocycles. The van der Waals surface area contributed by atoms with Gasteiger partial charge in [0.25, 0.3) is 0 Å². The van der Waals surface area contributed by atoms with E-state index in [9.17, 15) is 4.79 Å². The van der Waals surface area contributed by atoms with Crippen LogP contribution < -0.4 is 4.74 Å². The summed E-state index contributed by atoms with van der Waals surface area (Å²) in [5.74, 6) is -0.336. The van der Waals surface area contributed by atoms with Crippen LogP contribution in [0.4, 0.5) is 0 Å². The van der Waals surface area contributed by atoms with E-state index in [-0.39, 0.29) is 5.69 Å². The molecule has 7 heteroatoms. The zero-order valence-electron chi connectivity index (χ0n) is 13.8. The lowest BCUT2D eigenvalue weighted by Crippen LogP contribution is -1.99. The van der Waals surface area contributed by atoms with Gasteiger partial charge in [-0.2, -0.15) is 5.10 Å². The average Bonchev–Trinajstić information content (AvgIpc) is 3.11. The summed E-state index contributed by atoms with van der Waals surface area (Å²) in [6.07, 6.45) is 3.22. The van der Waals surface area contributed by atoms with E-state index in [4.69, 9.17) is 9.84 Å². The molecule has 3 heterocycles. The predicted octanol–water partition coefficient (Wildman–Crippen LogP) is 3.39. The lowest BCUT2D eigenvalue weighted by molar-refractivity contribution is 0.0690. The van der Waals surface area contributed by atoms with E-state index in [2.05, 4.69) is 20.2 Å². The SMILES string of the molecule is COc1ccccc1-c1n[nH]c2ncc(-c3ccc(C(=O)O)nc3)cc12. The van der Waals surface area contributed by atoms with Crippen molar-refractivity contribution in [1.29, 1.82) is 0 Å². The van der Waals surface area contributed by atoms with Gasteiger partial charge in [0.15, 0.2) is 5.65 Å². The van der Waals surface area contributed by atoms with Crippen molar-refractivity contribution in [3.8, 4) is 28.1 Å². The largest absolute Gasteiger partial charge is 0.496 e. The van der Waals surface area contributed by atoms with Gasteiger partial charge in [-0.3, -0.25) is 5.10 Å². The standard InChI is InChI=1S/C19H14N4O3/c1-26-16-5-3-2-4-13(16)17-14-8-12(10-21-18(14)23-22-17)11-6-7-15(19(24)25)20-9-11/h2-10H,1H3,(H,24,25)(H,21,22,23). The van der Waals surface area contributed by atoms with E-state index in [1.807, 2.05) is 30.3 Å². The number of pyridine rings is 2. The monoisotopic (exact) mass is 346 g/mol. The Kier molecular flexibility index (Phi) is 3.81. The van der Waals surface area contributed by atoms with Crippen LogP contribution in [0, 0.1) is 0 Å². The first-order valence-electron chi connectivity index (χ1n) is 7.84. The first-order valence-corrected chi connectivity index (χ1v) is 7.84. The van der Waals surface area contributed by atoms with Crippen molar-refractivity contribution in [2.45, 2.75) is 0 Å². The van der Waals surface area contributed by atoms with Crippen LogP contribution in [0.1, 0.15) is 10.5 Å². The van der Waals surface area contributed by atoms with Crippen molar-refractivity contribution in [2.24, 2.45) is 0 Å². The Bertz CT molecular complexity index is 1100. The Morgan fingerprint density at radius 1 is 1.08 bits per heavy atom. The van der Waals surface area contributed by atoms with Gasteiger partial charge in [-0.15, -0.1) is 0 Å². The highest BCUT2D eigenvalue weighted by Crippen LogP contribution is 2.34. The molecule has 0 spiro atoms. The zero-order chi connectivity index (χ0) is 18.1. The van der Waals surface area contributed by atoms with Crippen LogP contribution >= 0.6 is 0 Å². The number of benzene rings is 1. The second-order valence-electron chi connectivity index (χ2n) is 5.63. The van der Waals surface area contributed by atoms with Crippen LogP contribution in [0.25, 0.3) is 33.4 Å². The predicted molar refractivity (Wildman–Crippen MR) is 96.1 cm³/mol. The average molecular weight is 346 g/mol.